The lowest BCUT2D eigenvalue weighted by Gasteiger charge is -2.02. The van der Waals surface area contributed by atoms with Crippen LogP contribution >= 0.6 is 0 Å². The molecule has 0 heterocycles. The first kappa shape index (κ1) is 9.81. The van der Waals surface area contributed by atoms with Crippen molar-refractivity contribution >= 4 is 6.08 Å². The maximum Gasteiger partial charge on any atom is 0.126 e. The van der Waals surface area contributed by atoms with Gasteiger partial charge in [-0.05, 0) is 6.07 Å². The fourth-order valence-electron chi connectivity index (χ4n) is 1.08. The zero-order valence-electron chi connectivity index (χ0n) is 7.99. The molecule has 0 saturated heterocycles. The van der Waals surface area contributed by atoms with Crippen molar-refractivity contribution in [2.75, 3.05) is 20.8 Å². The van der Waals surface area contributed by atoms with Gasteiger partial charge in [-0.1, -0.05) is 30.4 Å². The fraction of sp³-hybridized carbons (Fsp3) is 0.273. The first-order valence-electron chi connectivity index (χ1n) is 4.17. The molecule has 0 unspecified atom stereocenters. The van der Waals surface area contributed by atoms with Gasteiger partial charge >= 0.3 is 0 Å². The van der Waals surface area contributed by atoms with E-state index >= 15 is 0 Å². The molecule has 0 aromatic heterocycles. The molecule has 1 rings (SSSR count). The molecule has 1 aromatic rings. The van der Waals surface area contributed by atoms with Crippen LogP contribution in [0.25, 0.3) is 6.08 Å². The third-order valence-corrected chi connectivity index (χ3v) is 1.70. The summed E-state index contributed by atoms with van der Waals surface area (Å²) in [5, 5.41) is 0. The molecule has 0 spiro atoms. The van der Waals surface area contributed by atoms with Gasteiger partial charge < -0.3 is 9.47 Å². The van der Waals surface area contributed by atoms with Gasteiger partial charge in [0.05, 0.1) is 13.7 Å². The van der Waals surface area contributed by atoms with Gasteiger partial charge in [-0.25, -0.2) is 0 Å². The topological polar surface area (TPSA) is 18.5 Å². The molecule has 0 saturated carbocycles. The van der Waals surface area contributed by atoms with Crippen LogP contribution in [0.4, 0.5) is 0 Å². The van der Waals surface area contributed by atoms with Crippen LogP contribution in [0.15, 0.2) is 30.3 Å². The minimum absolute atomic E-state index is 0.623. The summed E-state index contributed by atoms with van der Waals surface area (Å²) in [7, 11) is 3.34. The van der Waals surface area contributed by atoms with Gasteiger partial charge in [-0.3, -0.25) is 0 Å². The largest absolute Gasteiger partial charge is 0.496 e. The van der Waals surface area contributed by atoms with Crippen LogP contribution in [0, 0.1) is 0 Å². The Hall–Kier alpha value is -1.28. The van der Waals surface area contributed by atoms with E-state index in [1.165, 1.54) is 0 Å². The number of hydrogen-bond donors (Lipinski definition) is 0. The maximum absolute atomic E-state index is 5.18. The lowest BCUT2D eigenvalue weighted by molar-refractivity contribution is 0.234. The molecule has 0 radical (unpaired) electrons. The standard InChI is InChI=1S/C11H14O2/c1-12-9-5-7-10-6-3-4-8-11(10)13-2/h3-8H,9H2,1-2H3/b7-5+. The van der Waals surface area contributed by atoms with E-state index in [1.807, 2.05) is 36.4 Å². The summed E-state index contributed by atoms with van der Waals surface area (Å²) in [6, 6.07) is 7.87. The Labute approximate surface area is 78.8 Å². The summed E-state index contributed by atoms with van der Waals surface area (Å²) in [6.07, 6.45) is 3.94. The average molecular weight is 178 g/mol. The molecule has 0 atom stereocenters. The average Bonchev–Trinajstić information content (AvgIpc) is 2.19. The van der Waals surface area contributed by atoms with Gasteiger partial charge in [0, 0.05) is 12.7 Å². The lowest BCUT2D eigenvalue weighted by atomic mass is 10.2. The summed E-state index contributed by atoms with van der Waals surface area (Å²) in [6.45, 7) is 0.623. The summed E-state index contributed by atoms with van der Waals surface area (Å²) < 4.78 is 10.1. The molecular formula is C11H14O2. The van der Waals surface area contributed by atoms with Crippen LogP contribution < -0.4 is 4.74 Å². The van der Waals surface area contributed by atoms with E-state index in [1.54, 1.807) is 14.2 Å². The van der Waals surface area contributed by atoms with Crippen molar-refractivity contribution in [3.63, 3.8) is 0 Å². The first-order valence-corrected chi connectivity index (χ1v) is 4.17. The molecular weight excluding hydrogens is 164 g/mol. The van der Waals surface area contributed by atoms with Crippen molar-refractivity contribution in [2.45, 2.75) is 0 Å². The summed E-state index contributed by atoms with van der Waals surface area (Å²) in [5.41, 5.74) is 1.07. The zero-order chi connectivity index (χ0) is 9.52. The molecule has 70 valence electrons. The predicted octanol–water partition coefficient (Wildman–Crippen LogP) is 2.35. The van der Waals surface area contributed by atoms with Crippen molar-refractivity contribution in [3.8, 4) is 5.75 Å². The van der Waals surface area contributed by atoms with Gasteiger partial charge in [0.25, 0.3) is 0 Å². The van der Waals surface area contributed by atoms with E-state index in [0.29, 0.717) is 6.61 Å². The van der Waals surface area contributed by atoms with Gasteiger partial charge in [0.15, 0.2) is 0 Å². The molecule has 0 aliphatic rings. The van der Waals surface area contributed by atoms with Crippen molar-refractivity contribution in [1.29, 1.82) is 0 Å². The maximum atomic E-state index is 5.18. The van der Waals surface area contributed by atoms with Gasteiger partial charge in [0.1, 0.15) is 5.75 Å². The highest BCUT2D eigenvalue weighted by atomic mass is 16.5. The van der Waals surface area contributed by atoms with Crippen molar-refractivity contribution < 1.29 is 9.47 Å². The highest BCUT2D eigenvalue weighted by Crippen LogP contribution is 2.18. The molecule has 0 N–H and O–H groups in total. The third kappa shape index (κ3) is 2.92. The van der Waals surface area contributed by atoms with E-state index in [0.717, 1.165) is 11.3 Å². The highest BCUT2D eigenvalue weighted by molar-refractivity contribution is 5.57. The molecule has 13 heavy (non-hydrogen) atoms. The molecule has 0 aliphatic heterocycles. The Morgan fingerprint density at radius 3 is 2.69 bits per heavy atom. The number of hydrogen-bond acceptors (Lipinski definition) is 2. The Bertz CT molecular complexity index is 279. The zero-order valence-corrected chi connectivity index (χ0v) is 7.99. The van der Waals surface area contributed by atoms with Gasteiger partial charge in [-0.2, -0.15) is 0 Å². The second-order valence-electron chi connectivity index (χ2n) is 2.60. The van der Waals surface area contributed by atoms with Crippen LogP contribution in [0.5, 0.6) is 5.75 Å². The van der Waals surface area contributed by atoms with E-state index < -0.39 is 0 Å². The number of para-hydroxylation sites is 1. The monoisotopic (exact) mass is 178 g/mol. The molecule has 0 fully saturated rings. The quantitative estimate of drug-likeness (QED) is 0.704. The van der Waals surface area contributed by atoms with Crippen LogP contribution in [0.2, 0.25) is 0 Å². The number of methoxy groups -OCH3 is 2. The molecule has 0 aliphatic carbocycles. The Morgan fingerprint density at radius 1 is 1.23 bits per heavy atom. The molecule has 0 amide bonds. The van der Waals surface area contributed by atoms with Crippen molar-refractivity contribution in [3.05, 3.63) is 35.9 Å². The first-order chi connectivity index (χ1) is 6.38. The van der Waals surface area contributed by atoms with Crippen LogP contribution in [-0.4, -0.2) is 20.8 Å². The molecule has 0 bridgehead atoms. The molecule has 2 heteroatoms. The van der Waals surface area contributed by atoms with E-state index in [9.17, 15) is 0 Å². The van der Waals surface area contributed by atoms with Crippen LogP contribution in [0.1, 0.15) is 5.56 Å². The second-order valence-corrected chi connectivity index (χ2v) is 2.60. The number of rotatable bonds is 4. The van der Waals surface area contributed by atoms with E-state index in [2.05, 4.69) is 0 Å². The van der Waals surface area contributed by atoms with Crippen molar-refractivity contribution in [2.24, 2.45) is 0 Å². The molecule has 2 nitrogen and oxygen atoms in total. The normalized spacial score (nSPS) is 10.6. The summed E-state index contributed by atoms with van der Waals surface area (Å²) in [4.78, 5) is 0. The summed E-state index contributed by atoms with van der Waals surface area (Å²) in [5.74, 6) is 0.884. The smallest absolute Gasteiger partial charge is 0.126 e. The fourth-order valence-corrected chi connectivity index (χ4v) is 1.08. The van der Waals surface area contributed by atoms with Crippen molar-refractivity contribution in [1.82, 2.24) is 0 Å². The number of benzene rings is 1. The van der Waals surface area contributed by atoms with E-state index in [4.69, 9.17) is 9.47 Å². The highest BCUT2D eigenvalue weighted by Gasteiger charge is 1.95. The second kappa shape index (κ2) is 5.38. The molecule has 1 aromatic carbocycles. The predicted molar refractivity (Wildman–Crippen MR) is 53.9 cm³/mol. The minimum Gasteiger partial charge on any atom is -0.496 e. The Morgan fingerprint density at radius 2 is 2.00 bits per heavy atom. The van der Waals surface area contributed by atoms with Gasteiger partial charge in [-0.15, -0.1) is 0 Å². The van der Waals surface area contributed by atoms with Crippen LogP contribution in [0.3, 0.4) is 0 Å². The number of ether oxygens (including phenoxy) is 2. The Balaban J connectivity index is 2.74. The lowest BCUT2D eigenvalue weighted by Crippen LogP contribution is -1.86. The van der Waals surface area contributed by atoms with Crippen LogP contribution in [-0.2, 0) is 4.74 Å². The third-order valence-electron chi connectivity index (χ3n) is 1.70. The van der Waals surface area contributed by atoms with Gasteiger partial charge in [0.2, 0.25) is 0 Å². The Kier molecular flexibility index (Phi) is 4.06. The van der Waals surface area contributed by atoms with E-state index in [-0.39, 0.29) is 0 Å². The summed E-state index contributed by atoms with van der Waals surface area (Å²) >= 11 is 0. The SMILES string of the molecule is COC/C=C/c1ccccc1OC. The minimum atomic E-state index is 0.623.